The van der Waals surface area contributed by atoms with Gasteiger partial charge >= 0.3 is 5.97 Å². The molecule has 1 heterocycles. The first-order chi connectivity index (χ1) is 10.2. The minimum atomic E-state index is -0.390. The van der Waals surface area contributed by atoms with Crippen molar-refractivity contribution in [1.29, 1.82) is 0 Å². The molecule has 0 bridgehead atoms. The largest absolute Gasteiger partial charge is 0.465 e. The normalized spacial score (nSPS) is 10.6. The average molecular weight is 281 g/mol. The fraction of sp³-hybridized carbons (Fsp3) is 0.0588. The van der Waals surface area contributed by atoms with Gasteiger partial charge in [-0.1, -0.05) is 24.3 Å². The van der Waals surface area contributed by atoms with Crippen molar-refractivity contribution in [3.63, 3.8) is 0 Å². The zero-order valence-corrected chi connectivity index (χ0v) is 11.3. The van der Waals surface area contributed by atoms with Crippen molar-refractivity contribution < 1.29 is 13.9 Å². The summed E-state index contributed by atoms with van der Waals surface area (Å²) in [4.78, 5) is 15.8. The fourth-order valence-corrected chi connectivity index (χ4v) is 2.28. The Balaban J connectivity index is 2.22. The number of pyridine rings is 1. The van der Waals surface area contributed by atoms with Crippen LogP contribution in [0.1, 0.15) is 10.4 Å². The first-order valence-corrected chi connectivity index (χ1v) is 6.42. The first-order valence-electron chi connectivity index (χ1n) is 6.42. The van der Waals surface area contributed by atoms with E-state index in [1.165, 1.54) is 19.4 Å². The maximum atomic E-state index is 13.0. The van der Waals surface area contributed by atoms with Gasteiger partial charge in [-0.2, -0.15) is 0 Å². The fourth-order valence-electron chi connectivity index (χ4n) is 2.28. The summed E-state index contributed by atoms with van der Waals surface area (Å²) in [6.07, 6.45) is 1.18. The van der Waals surface area contributed by atoms with E-state index in [0.29, 0.717) is 11.3 Å². The molecule has 3 aromatic rings. The Bertz CT molecular complexity index is 813. The highest BCUT2D eigenvalue weighted by Crippen LogP contribution is 2.28. The molecule has 3 rings (SSSR count). The number of hydrogen-bond donors (Lipinski definition) is 0. The van der Waals surface area contributed by atoms with Gasteiger partial charge in [0.1, 0.15) is 5.82 Å². The predicted octanol–water partition coefficient (Wildman–Crippen LogP) is 3.83. The van der Waals surface area contributed by atoms with Crippen molar-refractivity contribution >= 4 is 16.7 Å². The Labute approximate surface area is 121 Å². The maximum Gasteiger partial charge on any atom is 0.337 e. The van der Waals surface area contributed by atoms with Gasteiger partial charge in [0.2, 0.25) is 0 Å². The summed E-state index contributed by atoms with van der Waals surface area (Å²) in [6, 6.07) is 14.1. The molecule has 1 aromatic heterocycles. The van der Waals surface area contributed by atoms with E-state index in [4.69, 9.17) is 4.74 Å². The summed E-state index contributed by atoms with van der Waals surface area (Å²) < 4.78 is 17.8. The molecule has 0 unspecified atom stereocenters. The predicted molar refractivity (Wildman–Crippen MR) is 78.5 cm³/mol. The molecule has 0 fully saturated rings. The Hall–Kier alpha value is -2.75. The molecule has 4 heteroatoms. The molecule has 0 atom stereocenters. The number of aromatic nitrogens is 1. The standard InChI is InChI=1S/C17H12FNO2/c1-21-17(20)12-6-5-11-3-2-4-14(15(11)9-12)16-8-7-13(18)10-19-16/h2-10H,1H3. The SMILES string of the molecule is COC(=O)c1ccc2cccc(-c3ccc(F)cn3)c2c1. The molecule has 0 saturated heterocycles. The number of halogens is 1. The number of nitrogens with zero attached hydrogens (tertiary/aromatic N) is 1. The van der Waals surface area contributed by atoms with Gasteiger partial charge < -0.3 is 4.74 Å². The molecule has 0 N–H and O–H groups in total. The van der Waals surface area contributed by atoms with E-state index in [9.17, 15) is 9.18 Å². The van der Waals surface area contributed by atoms with Crippen molar-refractivity contribution in [3.05, 3.63) is 66.1 Å². The molecule has 0 spiro atoms. The Morgan fingerprint density at radius 3 is 2.71 bits per heavy atom. The van der Waals surface area contributed by atoms with Gasteiger partial charge in [-0.15, -0.1) is 0 Å². The summed E-state index contributed by atoms with van der Waals surface area (Å²) in [5.41, 5.74) is 1.97. The van der Waals surface area contributed by atoms with Crippen LogP contribution in [0.4, 0.5) is 4.39 Å². The zero-order chi connectivity index (χ0) is 14.8. The van der Waals surface area contributed by atoms with Crippen LogP contribution in [0.3, 0.4) is 0 Å². The molecular weight excluding hydrogens is 269 g/mol. The van der Waals surface area contributed by atoms with E-state index in [1.54, 1.807) is 18.2 Å². The summed E-state index contributed by atoms with van der Waals surface area (Å²) in [6.45, 7) is 0. The molecule has 0 aliphatic heterocycles. The lowest BCUT2D eigenvalue weighted by Crippen LogP contribution is -2.00. The van der Waals surface area contributed by atoms with Crippen molar-refractivity contribution in [2.24, 2.45) is 0 Å². The van der Waals surface area contributed by atoms with Gasteiger partial charge in [0, 0.05) is 5.56 Å². The van der Waals surface area contributed by atoms with Gasteiger partial charge in [-0.05, 0) is 35.0 Å². The molecule has 21 heavy (non-hydrogen) atoms. The number of hydrogen-bond acceptors (Lipinski definition) is 3. The lowest BCUT2D eigenvalue weighted by molar-refractivity contribution is 0.0601. The molecule has 0 radical (unpaired) electrons. The van der Waals surface area contributed by atoms with Crippen LogP contribution in [0.2, 0.25) is 0 Å². The summed E-state index contributed by atoms with van der Waals surface area (Å²) in [5.74, 6) is -0.770. The number of ether oxygens (including phenoxy) is 1. The number of carbonyl (C=O) groups excluding carboxylic acids is 1. The van der Waals surface area contributed by atoms with Crippen LogP contribution in [0, 0.1) is 5.82 Å². The number of carbonyl (C=O) groups is 1. The van der Waals surface area contributed by atoms with Crippen LogP contribution in [0.15, 0.2) is 54.7 Å². The topological polar surface area (TPSA) is 39.2 Å². The summed E-state index contributed by atoms with van der Waals surface area (Å²) in [7, 11) is 1.35. The third kappa shape index (κ3) is 2.48. The number of benzene rings is 2. The minimum Gasteiger partial charge on any atom is -0.465 e. The van der Waals surface area contributed by atoms with Crippen LogP contribution >= 0.6 is 0 Å². The van der Waals surface area contributed by atoms with Gasteiger partial charge in [0.25, 0.3) is 0 Å². The number of methoxy groups -OCH3 is 1. The smallest absolute Gasteiger partial charge is 0.337 e. The summed E-state index contributed by atoms with van der Waals surface area (Å²) >= 11 is 0. The molecule has 3 nitrogen and oxygen atoms in total. The second kappa shape index (κ2) is 5.32. The van der Waals surface area contributed by atoms with E-state index in [2.05, 4.69) is 4.98 Å². The van der Waals surface area contributed by atoms with E-state index in [-0.39, 0.29) is 5.82 Å². The van der Waals surface area contributed by atoms with Crippen LogP contribution in [-0.4, -0.2) is 18.1 Å². The van der Waals surface area contributed by atoms with Gasteiger partial charge in [-0.25, -0.2) is 9.18 Å². The number of fused-ring (bicyclic) bond motifs is 1. The quantitative estimate of drug-likeness (QED) is 0.670. The molecule has 0 aliphatic rings. The lowest BCUT2D eigenvalue weighted by atomic mass is 9.99. The minimum absolute atomic E-state index is 0.380. The third-order valence-electron chi connectivity index (χ3n) is 3.31. The summed E-state index contributed by atoms with van der Waals surface area (Å²) in [5, 5.41) is 1.85. The van der Waals surface area contributed by atoms with E-state index < -0.39 is 5.97 Å². The van der Waals surface area contributed by atoms with Crippen LogP contribution in [0.25, 0.3) is 22.0 Å². The molecule has 2 aromatic carbocycles. The third-order valence-corrected chi connectivity index (χ3v) is 3.31. The first kappa shape index (κ1) is 13.2. The molecule has 104 valence electrons. The van der Waals surface area contributed by atoms with Crippen LogP contribution in [-0.2, 0) is 4.74 Å². The molecule has 0 saturated carbocycles. The highest BCUT2D eigenvalue weighted by atomic mass is 19.1. The number of rotatable bonds is 2. The second-order valence-corrected chi connectivity index (χ2v) is 4.59. The van der Waals surface area contributed by atoms with Gasteiger partial charge in [0.15, 0.2) is 0 Å². The van der Waals surface area contributed by atoms with E-state index in [0.717, 1.165) is 16.3 Å². The van der Waals surface area contributed by atoms with Crippen molar-refractivity contribution in [2.75, 3.05) is 7.11 Å². The van der Waals surface area contributed by atoms with Crippen molar-refractivity contribution in [2.45, 2.75) is 0 Å². The Kier molecular flexibility index (Phi) is 3.36. The molecule has 0 amide bonds. The molecule has 0 aliphatic carbocycles. The van der Waals surface area contributed by atoms with Crippen LogP contribution < -0.4 is 0 Å². The monoisotopic (exact) mass is 281 g/mol. The van der Waals surface area contributed by atoms with Gasteiger partial charge in [-0.3, -0.25) is 4.98 Å². The van der Waals surface area contributed by atoms with E-state index >= 15 is 0 Å². The lowest BCUT2D eigenvalue weighted by Gasteiger charge is -2.08. The maximum absolute atomic E-state index is 13.0. The van der Waals surface area contributed by atoms with Crippen molar-refractivity contribution in [3.8, 4) is 11.3 Å². The zero-order valence-electron chi connectivity index (χ0n) is 11.3. The highest BCUT2D eigenvalue weighted by molar-refractivity contribution is 6.01. The number of esters is 1. The molecular formula is C17H12FNO2. The Morgan fingerprint density at radius 2 is 2.00 bits per heavy atom. The van der Waals surface area contributed by atoms with Crippen LogP contribution in [0.5, 0.6) is 0 Å². The van der Waals surface area contributed by atoms with Crippen molar-refractivity contribution in [1.82, 2.24) is 4.98 Å². The Morgan fingerprint density at radius 1 is 1.14 bits per heavy atom. The average Bonchev–Trinajstić information content (AvgIpc) is 2.54. The van der Waals surface area contributed by atoms with E-state index in [1.807, 2.05) is 24.3 Å². The highest BCUT2D eigenvalue weighted by Gasteiger charge is 2.10. The van der Waals surface area contributed by atoms with Gasteiger partial charge in [0.05, 0.1) is 24.6 Å². The second-order valence-electron chi connectivity index (χ2n) is 4.59.